The van der Waals surface area contributed by atoms with E-state index in [0.29, 0.717) is 12.5 Å². The van der Waals surface area contributed by atoms with Crippen LogP contribution in [0.15, 0.2) is 6.20 Å². The quantitative estimate of drug-likeness (QED) is 0.707. The van der Waals surface area contributed by atoms with Gasteiger partial charge < -0.3 is 10.5 Å². The highest BCUT2D eigenvalue weighted by molar-refractivity contribution is 5.19. The Morgan fingerprint density at radius 2 is 2.25 bits per heavy atom. The van der Waals surface area contributed by atoms with Gasteiger partial charge in [0.15, 0.2) is 12.5 Å². The summed E-state index contributed by atoms with van der Waals surface area (Å²) in [4.78, 5) is 1.42. The van der Waals surface area contributed by atoms with Crippen LogP contribution in [-0.4, -0.2) is 20.6 Å². The molecule has 1 heterocycles. The Hall–Kier alpha value is -1.10. The van der Waals surface area contributed by atoms with Gasteiger partial charge in [-0.05, 0) is 20.8 Å². The van der Waals surface area contributed by atoms with Crippen molar-refractivity contribution in [3.05, 3.63) is 6.20 Å². The van der Waals surface area contributed by atoms with Crippen molar-refractivity contribution < 1.29 is 4.74 Å². The lowest BCUT2D eigenvalue weighted by molar-refractivity contribution is -0.0533. The van der Waals surface area contributed by atoms with Crippen LogP contribution < -0.4 is 5.73 Å². The van der Waals surface area contributed by atoms with Gasteiger partial charge in [0.05, 0.1) is 11.8 Å². The second kappa shape index (κ2) is 3.10. The maximum Gasteiger partial charge on any atom is 0.166 e. The first-order chi connectivity index (χ1) is 5.47. The van der Waals surface area contributed by atoms with Crippen LogP contribution in [0.25, 0.3) is 0 Å². The largest absolute Gasteiger partial charge is 0.381 e. The molecule has 0 aliphatic rings. The van der Waals surface area contributed by atoms with Gasteiger partial charge in [-0.2, -0.15) is 9.90 Å². The second-order valence-corrected chi connectivity index (χ2v) is 3.53. The van der Waals surface area contributed by atoms with E-state index in [2.05, 4.69) is 10.2 Å². The predicted molar refractivity (Wildman–Crippen MR) is 45.3 cm³/mol. The molecule has 0 aliphatic carbocycles. The first-order valence-corrected chi connectivity index (χ1v) is 3.77. The molecule has 0 saturated carbocycles. The van der Waals surface area contributed by atoms with E-state index in [9.17, 15) is 0 Å². The molecule has 0 saturated heterocycles. The normalized spacial score (nSPS) is 11.9. The fourth-order valence-electron chi connectivity index (χ4n) is 0.624. The molecular formula is C7H14N4O. The van der Waals surface area contributed by atoms with Gasteiger partial charge in [-0.3, -0.25) is 0 Å². The minimum atomic E-state index is -0.178. The molecule has 0 unspecified atom stereocenters. The third kappa shape index (κ3) is 2.87. The molecule has 0 bridgehead atoms. The smallest absolute Gasteiger partial charge is 0.166 e. The molecule has 0 spiro atoms. The highest BCUT2D eigenvalue weighted by Gasteiger charge is 2.10. The fraction of sp³-hybridized carbons (Fsp3) is 0.714. The molecule has 68 valence electrons. The van der Waals surface area contributed by atoms with Crippen molar-refractivity contribution >= 4 is 5.82 Å². The Bertz CT molecular complexity index is 250. The second-order valence-electron chi connectivity index (χ2n) is 3.53. The number of hydrogen-bond donors (Lipinski definition) is 1. The Morgan fingerprint density at radius 1 is 1.58 bits per heavy atom. The van der Waals surface area contributed by atoms with Crippen LogP contribution in [0.3, 0.4) is 0 Å². The molecule has 12 heavy (non-hydrogen) atoms. The number of nitrogen functional groups attached to an aromatic ring is 1. The summed E-state index contributed by atoms with van der Waals surface area (Å²) in [6, 6.07) is 0. The first kappa shape index (κ1) is 8.99. The van der Waals surface area contributed by atoms with Crippen LogP contribution in [0.2, 0.25) is 0 Å². The first-order valence-electron chi connectivity index (χ1n) is 3.77. The Balaban J connectivity index is 2.44. The molecule has 2 N–H and O–H groups in total. The van der Waals surface area contributed by atoms with Crippen molar-refractivity contribution in [2.75, 3.05) is 5.73 Å². The third-order valence-electron chi connectivity index (χ3n) is 1.17. The van der Waals surface area contributed by atoms with E-state index >= 15 is 0 Å². The highest BCUT2D eigenvalue weighted by Crippen LogP contribution is 2.07. The summed E-state index contributed by atoms with van der Waals surface area (Å²) < 4.78 is 5.41. The molecule has 0 amide bonds. The number of nitrogens with zero attached hydrogens (tertiary/aromatic N) is 3. The molecule has 0 aliphatic heterocycles. The SMILES string of the molecule is CC(C)(C)OCn1ncc(N)n1. The zero-order chi connectivity index (χ0) is 9.19. The third-order valence-corrected chi connectivity index (χ3v) is 1.17. The minimum absolute atomic E-state index is 0.178. The van der Waals surface area contributed by atoms with Gasteiger partial charge in [0.25, 0.3) is 0 Å². The van der Waals surface area contributed by atoms with E-state index in [1.54, 1.807) is 0 Å². The summed E-state index contributed by atoms with van der Waals surface area (Å²) in [5, 5.41) is 7.75. The van der Waals surface area contributed by atoms with E-state index in [0.717, 1.165) is 0 Å². The van der Waals surface area contributed by atoms with Crippen molar-refractivity contribution in [3.63, 3.8) is 0 Å². The lowest BCUT2D eigenvalue weighted by Gasteiger charge is -2.18. The Labute approximate surface area is 71.5 Å². The summed E-state index contributed by atoms with van der Waals surface area (Å²) in [7, 11) is 0. The molecular weight excluding hydrogens is 156 g/mol. The lowest BCUT2D eigenvalue weighted by atomic mass is 10.2. The maximum atomic E-state index is 5.41. The highest BCUT2D eigenvalue weighted by atomic mass is 16.5. The number of hydrogen-bond acceptors (Lipinski definition) is 4. The van der Waals surface area contributed by atoms with Crippen LogP contribution in [0.1, 0.15) is 20.8 Å². The van der Waals surface area contributed by atoms with E-state index in [-0.39, 0.29) is 5.60 Å². The van der Waals surface area contributed by atoms with Gasteiger partial charge in [-0.1, -0.05) is 0 Å². The molecule has 1 aromatic heterocycles. The minimum Gasteiger partial charge on any atom is -0.381 e. The number of rotatable bonds is 2. The zero-order valence-corrected chi connectivity index (χ0v) is 7.61. The van der Waals surface area contributed by atoms with Crippen molar-refractivity contribution in [2.45, 2.75) is 33.1 Å². The number of anilines is 1. The summed E-state index contributed by atoms with van der Waals surface area (Å²) in [5.74, 6) is 0.410. The number of ether oxygens (including phenoxy) is 1. The predicted octanol–water partition coefficient (Wildman–Crippen LogP) is 0.633. The van der Waals surface area contributed by atoms with E-state index in [1.165, 1.54) is 11.0 Å². The van der Waals surface area contributed by atoms with Gasteiger partial charge in [-0.15, -0.1) is 5.10 Å². The van der Waals surface area contributed by atoms with Crippen molar-refractivity contribution in [2.24, 2.45) is 0 Å². The Morgan fingerprint density at radius 3 is 2.67 bits per heavy atom. The monoisotopic (exact) mass is 170 g/mol. The van der Waals surface area contributed by atoms with Gasteiger partial charge in [-0.25, -0.2) is 0 Å². The van der Waals surface area contributed by atoms with E-state index < -0.39 is 0 Å². The van der Waals surface area contributed by atoms with Crippen LogP contribution in [0.5, 0.6) is 0 Å². The molecule has 0 aromatic carbocycles. The van der Waals surface area contributed by atoms with Crippen LogP contribution in [-0.2, 0) is 11.5 Å². The zero-order valence-electron chi connectivity index (χ0n) is 7.61. The summed E-state index contributed by atoms with van der Waals surface area (Å²) in [6.07, 6.45) is 1.49. The summed E-state index contributed by atoms with van der Waals surface area (Å²) >= 11 is 0. The van der Waals surface area contributed by atoms with E-state index in [1.807, 2.05) is 20.8 Å². The van der Waals surface area contributed by atoms with Crippen LogP contribution in [0.4, 0.5) is 5.82 Å². The average molecular weight is 170 g/mol. The number of aromatic nitrogens is 3. The van der Waals surface area contributed by atoms with E-state index in [4.69, 9.17) is 10.5 Å². The Kier molecular flexibility index (Phi) is 2.32. The average Bonchev–Trinajstić information content (AvgIpc) is 2.30. The maximum absolute atomic E-state index is 5.41. The van der Waals surface area contributed by atoms with Crippen LogP contribution >= 0.6 is 0 Å². The molecule has 5 heteroatoms. The van der Waals surface area contributed by atoms with Gasteiger partial charge in [0.2, 0.25) is 0 Å². The van der Waals surface area contributed by atoms with Gasteiger partial charge >= 0.3 is 0 Å². The molecule has 1 rings (SSSR count). The van der Waals surface area contributed by atoms with Gasteiger partial charge in [0, 0.05) is 0 Å². The van der Waals surface area contributed by atoms with Gasteiger partial charge in [0.1, 0.15) is 0 Å². The number of nitrogens with two attached hydrogens (primary N) is 1. The molecule has 0 fully saturated rings. The summed E-state index contributed by atoms with van der Waals surface area (Å²) in [6.45, 7) is 6.25. The molecule has 0 radical (unpaired) electrons. The molecule has 1 aromatic rings. The van der Waals surface area contributed by atoms with Crippen molar-refractivity contribution in [1.82, 2.24) is 15.0 Å². The fourth-order valence-corrected chi connectivity index (χ4v) is 0.624. The van der Waals surface area contributed by atoms with Crippen LogP contribution in [0, 0.1) is 0 Å². The van der Waals surface area contributed by atoms with Crippen molar-refractivity contribution in [3.8, 4) is 0 Å². The molecule has 5 nitrogen and oxygen atoms in total. The lowest BCUT2D eigenvalue weighted by Crippen LogP contribution is -2.22. The standard InChI is InChI=1S/C7H14N4O/c1-7(2,3)12-5-11-9-4-6(8)10-11/h4H,5H2,1-3H3,(H2,8,10). The topological polar surface area (TPSA) is 66.0 Å². The van der Waals surface area contributed by atoms with Crippen molar-refractivity contribution in [1.29, 1.82) is 0 Å². The molecule has 0 atom stereocenters. The summed E-state index contributed by atoms with van der Waals surface area (Å²) in [5.41, 5.74) is 5.19.